The lowest BCUT2D eigenvalue weighted by molar-refractivity contribution is 0.0939. The number of hydrogen-bond acceptors (Lipinski definition) is 3. The maximum Gasteiger partial charge on any atom is 0.251 e. The molecule has 1 atom stereocenters. The largest absolute Gasteiger partial charge is 0.346 e. The third-order valence-electron chi connectivity index (χ3n) is 5.57. The minimum Gasteiger partial charge on any atom is -0.346 e. The zero-order valence-corrected chi connectivity index (χ0v) is 18.8. The predicted octanol–water partition coefficient (Wildman–Crippen LogP) is 4.54. The number of nitrogens with zero attached hydrogens (tertiary/aromatic N) is 1. The standard InChI is InChI=1S/C22H27ClN2O3S/c1-14-11-16(3)19(12-15(14)2)17(4)24-22(26)18-7-8-20(23)21(13-18)29(27,28)25-9-5-6-10-25/h7-8,11-13,17H,5-6,9-10H2,1-4H3,(H,24,26)/t17-/m1/s1. The fourth-order valence-corrected chi connectivity index (χ4v) is 5.73. The van der Waals surface area contributed by atoms with Gasteiger partial charge in [-0.25, -0.2) is 8.42 Å². The van der Waals surface area contributed by atoms with Gasteiger partial charge in [0.1, 0.15) is 4.90 Å². The molecule has 1 aliphatic heterocycles. The summed E-state index contributed by atoms with van der Waals surface area (Å²) in [5.74, 6) is -0.329. The number of sulfonamides is 1. The maximum atomic E-state index is 12.9. The zero-order valence-electron chi connectivity index (χ0n) is 17.3. The summed E-state index contributed by atoms with van der Waals surface area (Å²) in [6.45, 7) is 9.02. The Labute approximate surface area is 178 Å². The van der Waals surface area contributed by atoms with Crippen molar-refractivity contribution in [3.8, 4) is 0 Å². The molecule has 2 aromatic carbocycles. The molecule has 7 heteroatoms. The van der Waals surface area contributed by atoms with Crippen molar-refractivity contribution < 1.29 is 13.2 Å². The van der Waals surface area contributed by atoms with E-state index < -0.39 is 10.0 Å². The molecule has 1 heterocycles. The van der Waals surface area contributed by atoms with E-state index in [1.54, 1.807) is 6.07 Å². The highest BCUT2D eigenvalue weighted by molar-refractivity contribution is 7.89. The Morgan fingerprint density at radius 1 is 1.03 bits per heavy atom. The first-order chi connectivity index (χ1) is 13.6. The summed E-state index contributed by atoms with van der Waals surface area (Å²) in [6, 6.07) is 8.39. The normalized spacial score (nSPS) is 16.0. The van der Waals surface area contributed by atoms with E-state index in [0.29, 0.717) is 13.1 Å². The lowest BCUT2D eigenvalue weighted by Crippen LogP contribution is -2.29. The zero-order chi connectivity index (χ0) is 21.3. The van der Waals surface area contributed by atoms with E-state index in [-0.39, 0.29) is 27.4 Å². The number of nitrogens with one attached hydrogen (secondary N) is 1. The van der Waals surface area contributed by atoms with Gasteiger partial charge in [-0.1, -0.05) is 23.7 Å². The van der Waals surface area contributed by atoms with Crippen molar-refractivity contribution in [2.24, 2.45) is 0 Å². The minimum atomic E-state index is -3.70. The molecular weight excluding hydrogens is 408 g/mol. The highest BCUT2D eigenvalue weighted by Crippen LogP contribution is 2.28. The highest BCUT2D eigenvalue weighted by Gasteiger charge is 2.30. The molecule has 29 heavy (non-hydrogen) atoms. The highest BCUT2D eigenvalue weighted by atomic mass is 35.5. The van der Waals surface area contributed by atoms with Crippen LogP contribution in [0.2, 0.25) is 5.02 Å². The summed E-state index contributed by atoms with van der Waals surface area (Å²) in [5, 5.41) is 3.11. The number of carbonyl (C=O) groups excluding carboxylic acids is 1. The van der Waals surface area contributed by atoms with Crippen LogP contribution >= 0.6 is 11.6 Å². The Morgan fingerprint density at radius 2 is 1.66 bits per heavy atom. The third kappa shape index (κ3) is 4.49. The molecular formula is C22H27ClN2O3S. The van der Waals surface area contributed by atoms with Crippen molar-refractivity contribution in [3.05, 3.63) is 63.2 Å². The van der Waals surface area contributed by atoms with Crippen LogP contribution in [-0.4, -0.2) is 31.7 Å². The number of hydrogen-bond donors (Lipinski definition) is 1. The van der Waals surface area contributed by atoms with E-state index in [1.165, 1.54) is 22.0 Å². The molecule has 156 valence electrons. The predicted molar refractivity (Wildman–Crippen MR) is 116 cm³/mol. The Bertz CT molecular complexity index is 1040. The molecule has 0 aromatic heterocycles. The molecule has 1 N–H and O–H groups in total. The Hall–Kier alpha value is -1.89. The molecule has 2 aromatic rings. The first-order valence-electron chi connectivity index (χ1n) is 9.79. The number of carbonyl (C=O) groups is 1. The Kier molecular flexibility index (Phi) is 6.36. The van der Waals surface area contributed by atoms with Crippen molar-refractivity contribution in [1.29, 1.82) is 0 Å². The number of rotatable bonds is 5. The summed E-state index contributed by atoms with van der Waals surface area (Å²) < 4.78 is 27.2. The first kappa shape index (κ1) is 21.8. The van der Waals surface area contributed by atoms with Crippen LogP contribution in [0, 0.1) is 20.8 Å². The van der Waals surface area contributed by atoms with Gasteiger partial charge in [0.05, 0.1) is 11.1 Å². The molecule has 0 spiro atoms. The van der Waals surface area contributed by atoms with Crippen LogP contribution in [0.1, 0.15) is 58.4 Å². The number of halogens is 1. The smallest absolute Gasteiger partial charge is 0.251 e. The fourth-order valence-electron chi connectivity index (χ4n) is 3.72. The topological polar surface area (TPSA) is 66.5 Å². The lowest BCUT2D eigenvalue weighted by atomic mass is 9.96. The molecule has 0 bridgehead atoms. The molecule has 1 fully saturated rings. The lowest BCUT2D eigenvalue weighted by Gasteiger charge is -2.20. The van der Waals surface area contributed by atoms with E-state index >= 15 is 0 Å². The minimum absolute atomic E-state index is 0.0104. The van der Waals surface area contributed by atoms with E-state index in [0.717, 1.165) is 29.5 Å². The summed E-state index contributed by atoms with van der Waals surface area (Å²) in [5.41, 5.74) is 4.80. The van der Waals surface area contributed by atoms with E-state index in [2.05, 4.69) is 24.4 Å². The average molecular weight is 435 g/mol. The molecule has 1 aliphatic rings. The van der Waals surface area contributed by atoms with Crippen molar-refractivity contribution >= 4 is 27.5 Å². The van der Waals surface area contributed by atoms with Crippen molar-refractivity contribution in [2.75, 3.05) is 13.1 Å². The Morgan fingerprint density at radius 3 is 2.31 bits per heavy atom. The first-order valence-corrected chi connectivity index (χ1v) is 11.6. The summed E-state index contributed by atoms with van der Waals surface area (Å²) in [7, 11) is -3.70. The van der Waals surface area contributed by atoms with Gasteiger partial charge in [0.2, 0.25) is 10.0 Å². The summed E-state index contributed by atoms with van der Waals surface area (Å²) in [4.78, 5) is 12.8. The molecule has 3 rings (SSSR count). The van der Waals surface area contributed by atoms with Gasteiger partial charge in [-0.3, -0.25) is 4.79 Å². The van der Waals surface area contributed by atoms with Crippen molar-refractivity contribution in [2.45, 2.75) is 51.5 Å². The van der Waals surface area contributed by atoms with Crippen molar-refractivity contribution in [3.63, 3.8) is 0 Å². The van der Waals surface area contributed by atoms with Crippen LogP contribution in [0.5, 0.6) is 0 Å². The SMILES string of the molecule is Cc1cc(C)c([C@@H](C)NC(=O)c2ccc(Cl)c(S(=O)(=O)N3CCCC3)c2)cc1C. The van der Waals surface area contributed by atoms with Crippen LogP contribution in [0.3, 0.4) is 0 Å². The second-order valence-corrected chi connectivity index (χ2v) is 10.1. The fraction of sp³-hybridized carbons (Fsp3) is 0.409. The average Bonchev–Trinajstić information content (AvgIpc) is 3.20. The van der Waals surface area contributed by atoms with Gasteiger partial charge in [0, 0.05) is 18.7 Å². The van der Waals surface area contributed by atoms with E-state index in [9.17, 15) is 13.2 Å². The summed E-state index contributed by atoms with van der Waals surface area (Å²) >= 11 is 6.18. The van der Waals surface area contributed by atoms with Gasteiger partial charge in [-0.05, 0) is 81.0 Å². The second kappa shape index (κ2) is 8.46. The van der Waals surface area contributed by atoms with Crippen LogP contribution in [-0.2, 0) is 10.0 Å². The van der Waals surface area contributed by atoms with Gasteiger partial charge in [-0.2, -0.15) is 4.31 Å². The molecule has 1 saturated heterocycles. The van der Waals surface area contributed by atoms with Crippen LogP contribution in [0.15, 0.2) is 35.2 Å². The quantitative estimate of drug-likeness (QED) is 0.751. The van der Waals surface area contributed by atoms with Crippen LogP contribution in [0.25, 0.3) is 0 Å². The summed E-state index contributed by atoms with van der Waals surface area (Å²) in [6.07, 6.45) is 1.67. The third-order valence-corrected chi connectivity index (χ3v) is 7.95. The van der Waals surface area contributed by atoms with Gasteiger partial charge in [0.25, 0.3) is 5.91 Å². The molecule has 0 aliphatic carbocycles. The second-order valence-electron chi connectivity index (χ2n) is 7.74. The number of amides is 1. The van der Waals surface area contributed by atoms with E-state index in [1.807, 2.05) is 20.8 Å². The van der Waals surface area contributed by atoms with Gasteiger partial charge >= 0.3 is 0 Å². The van der Waals surface area contributed by atoms with Gasteiger partial charge in [0.15, 0.2) is 0 Å². The molecule has 1 amide bonds. The molecule has 5 nitrogen and oxygen atoms in total. The van der Waals surface area contributed by atoms with E-state index in [4.69, 9.17) is 11.6 Å². The maximum absolute atomic E-state index is 12.9. The Balaban J connectivity index is 1.86. The van der Waals surface area contributed by atoms with Crippen LogP contribution < -0.4 is 5.32 Å². The van der Waals surface area contributed by atoms with Gasteiger partial charge < -0.3 is 5.32 Å². The van der Waals surface area contributed by atoms with Crippen LogP contribution in [0.4, 0.5) is 0 Å². The van der Waals surface area contributed by atoms with Gasteiger partial charge in [-0.15, -0.1) is 0 Å². The molecule has 0 radical (unpaired) electrons. The molecule has 0 unspecified atom stereocenters. The molecule has 0 saturated carbocycles. The number of benzene rings is 2. The van der Waals surface area contributed by atoms with Crippen molar-refractivity contribution in [1.82, 2.24) is 9.62 Å². The monoisotopic (exact) mass is 434 g/mol. The number of aryl methyl sites for hydroxylation is 3.